The highest BCUT2D eigenvalue weighted by atomic mass is 16.5. The predicted molar refractivity (Wildman–Crippen MR) is 87.6 cm³/mol. The summed E-state index contributed by atoms with van der Waals surface area (Å²) < 4.78 is 6.28. The van der Waals surface area contributed by atoms with Crippen LogP contribution in [0.4, 0.5) is 5.69 Å². The number of nitrogens with zero attached hydrogens (tertiary/aromatic N) is 3. The first-order valence-corrected chi connectivity index (χ1v) is 7.46. The van der Waals surface area contributed by atoms with Gasteiger partial charge >= 0.3 is 5.97 Å². The third kappa shape index (κ3) is 2.85. The minimum absolute atomic E-state index is 0.0620. The van der Waals surface area contributed by atoms with Crippen LogP contribution in [0, 0.1) is 0 Å². The van der Waals surface area contributed by atoms with Crippen LogP contribution in [-0.2, 0) is 21.4 Å². The quantitative estimate of drug-likeness (QED) is 0.580. The zero-order valence-electron chi connectivity index (χ0n) is 13.6. The van der Waals surface area contributed by atoms with Crippen molar-refractivity contribution in [2.75, 3.05) is 25.6 Å². The maximum absolute atomic E-state index is 12.2. The second-order valence-corrected chi connectivity index (χ2v) is 5.40. The van der Waals surface area contributed by atoms with E-state index in [1.807, 2.05) is 0 Å². The standard InChI is InChI=1S/C16H16N4O5/c1-19-12-4-3-9(7-10(12)14(18-19)16(24)25-2)17-11-8-13(22)20(5-6-21)15(11)23/h3-4,7-8,17,21H,5-6H2,1-2H3. The molecule has 130 valence electrons. The van der Waals surface area contributed by atoms with Crippen molar-refractivity contribution in [2.45, 2.75) is 0 Å². The molecule has 25 heavy (non-hydrogen) atoms. The number of aliphatic hydroxyl groups is 1. The lowest BCUT2D eigenvalue weighted by Gasteiger charge is -2.13. The van der Waals surface area contributed by atoms with Gasteiger partial charge in [-0.25, -0.2) is 4.79 Å². The van der Waals surface area contributed by atoms with Crippen LogP contribution in [-0.4, -0.2) is 57.8 Å². The minimum atomic E-state index is -0.566. The van der Waals surface area contributed by atoms with Gasteiger partial charge in [0.2, 0.25) is 0 Å². The Morgan fingerprint density at radius 1 is 1.36 bits per heavy atom. The number of carbonyl (C=O) groups is 3. The van der Waals surface area contributed by atoms with E-state index in [1.165, 1.54) is 13.2 Å². The molecule has 1 aliphatic heterocycles. The molecule has 0 spiro atoms. The lowest BCUT2D eigenvalue weighted by atomic mass is 10.2. The number of aromatic nitrogens is 2. The first kappa shape index (κ1) is 16.7. The van der Waals surface area contributed by atoms with Crippen LogP contribution < -0.4 is 5.32 Å². The summed E-state index contributed by atoms with van der Waals surface area (Å²) in [6.07, 6.45) is 1.17. The lowest BCUT2D eigenvalue weighted by Crippen LogP contribution is -2.34. The number of hydrogen-bond acceptors (Lipinski definition) is 7. The number of anilines is 1. The fraction of sp³-hybridized carbons (Fsp3) is 0.250. The highest BCUT2D eigenvalue weighted by molar-refractivity contribution is 6.17. The van der Waals surface area contributed by atoms with E-state index in [4.69, 9.17) is 9.84 Å². The molecule has 0 aliphatic carbocycles. The number of β-amino-alcohol motifs (C(OH)–C–C–N with tert-alkyl or cyclic N) is 1. The molecule has 0 fully saturated rings. The van der Waals surface area contributed by atoms with Crippen LogP contribution in [0.5, 0.6) is 0 Å². The number of hydrogen-bond donors (Lipinski definition) is 2. The van der Waals surface area contributed by atoms with Gasteiger partial charge in [0.1, 0.15) is 5.70 Å². The number of fused-ring (bicyclic) bond motifs is 1. The van der Waals surface area contributed by atoms with Gasteiger partial charge in [0.25, 0.3) is 11.8 Å². The molecule has 1 aromatic heterocycles. The van der Waals surface area contributed by atoms with Crippen LogP contribution in [0.15, 0.2) is 30.0 Å². The molecule has 2 heterocycles. The van der Waals surface area contributed by atoms with Crippen molar-refractivity contribution in [1.82, 2.24) is 14.7 Å². The van der Waals surface area contributed by atoms with Gasteiger partial charge < -0.3 is 15.2 Å². The second-order valence-electron chi connectivity index (χ2n) is 5.40. The van der Waals surface area contributed by atoms with Crippen LogP contribution in [0.3, 0.4) is 0 Å². The monoisotopic (exact) mass is 344 g/mol. The van der Waals surface area contributed by atoms with Crippen molar-refractivity contribution in [1.29, 1.82) is 0 Å². The molecule has 0 saturated carbocycles. The molecule has 0 saturated heterocycles. The number of imide groups is 1. The molecule has 3 rings (SSSR count). The van der Waals surface area contributed by atoms with Crippen molar-refractivity contribution >= 4 is 34.4 Å². The van der Waals surface area contributed by atoms with Gasteiger partial charge in [0, 0.05) is 24.2 Å². The fourth-order valence-corrected chi connectivity index (χ4v) is 2.66. The molecule has 0 unspecified atom stereocenters. The number of esters is 1. The normalized spacial score (nSPS) is 14.2. The molecule has 0 atom stereocenters. The highest BCUT2D eigenvalue weighted by Crippen LogP contribution is 2.25. The molecular weight excluding hydrogens is 328 g/mol. The molecule has 1 aromatic carbocycles. The Hall–Kier alpha value is -3.20. The average molecular weight is 344 g/mol. The molecule has 0 radical (unpaired) electrons. The number of nitrogens with one attached hydrogen (secondary N) is 1. The third-order valence-electron chi connectivity index (χ3n) is 3.84. The number of methoxy groups -OCH3 is 1. The summed E-state index contributed by atoms with van der Waals surface area (Å²) in [6, 6.07) is 5.10. The van der Waals surface area contributed by atoms with E-state index in [0.29, 0.717) is 11.1 Å². The molecule has 2 amide bonds. The summed E-state index contributed by atoms with van der Waals surface area (Å²) in [5, 5.41) is 16.5. The zero-order chi connectivity index (χ0) is 18.1. The van der Waals surface area contributed by atoms with Gasteiger partial charge in [-0.2, -0.15) is 5.10 Å². The Morgan fingerprint density at radius 3 is 2.80 bits per heavy atom. The van der Waals surface area contributed by atoms with E-state index in [0.717, 1.165) is 10.4 Å². The summed E-state index contributed by atoms with van der Waals surface area (Å²) in [5.74, 6) is -1.57. The maximum atomic E-state index is 12.2. The second kappa shape index (κ2) is 6.36. The van der Waals surface area contributed by atoms with Crippen molar-refractivity contribution in [3.05, 3.63) is 35.7 Å². The SMILES string of the molecule is COC(=O)c1nn(C)c2ccc(NC3=CC(=O)N(CCO)C3=O)cc12. The van der Waals surface area contributed by atoms with Crippen molar-refractivity contribution in [2.24, 2.45) is 7.05 Å². The van der Waals surface area contributed by atoms with E-state index in [-0.39, 0.29) is 24.5 Å². The van der Waals surface area contributed by atoms with Gasteiger partial charge in [0.05, 0.1) is 25.8 Å². The summed E-state index contributed by atoms with van der Waals surface area (Å²) in [7, 11) is 2.98. The molecular formula is C16H16N4O5. The Bertz CT molecular complexity index is 915. The Morgan fingerprint density at radius 2 is 2.12 bits per heavy atom. The molecule has 9 heteroatoms. The number of rotatable bonds is 5. The lowest BCUT2D eigenvalue weighted by molar-refractivity contribution is -0.137. The molecule has 2 aromatic rings. The topological polar surface area (TPSA) is 114 Å². The highest BCUT2D eigenvalue weighted by Gasteiger charge is 2.30. The minimum Gasteiger partial charge on any atom is -0.464 e. The maximum Gasteiger partial charge on any atom is 0.359 e. The number of aliphatic hydroxyl groups excluding tert-OH is 1. The van der Waals surface area contributed by atoms with Crippen LogP contribution in [0.25, 0.3) is 10.9 Å². The average Bonchev–Trinajstić information content (AvgIpc) is 3.06. The van der Waals surface area contributed by atoms with Gasteiger partial charge in [0.15, 0.2) is 5.69 Å². The first-order valence-electron chi connectivity index (χ1n) is 7.46. The predicted octanol–water partition coefficient (Wildman–Crippen LogP) is 0.0168. The van der Waals surface area contributed by atoms with Crippen LogP contribution >= 0.6 is 0 Å². The first-order chi connectivity index (χ1) is 12.0. The number of amides is 2. The van der Waals surface area contributed by atoms with Crippen LogP contribution in [0.2, 0.25) is 0 Å². The smallest absolute Gasteiger partial charge is 0.359 e. The van der Waals surface area contributed by atoms with Crippen LogP contribution in [0.1, 0.15) is 10.5 Å². The van der Waals surface area contributed by atoms with Gasteiger partial charge in [-0.3, -0.25) is 19.2 Å². The van der Waals surface area contributed by atoms with Gasteiger partial charge in [-0.15, -0.1) is 0 Å². The summed E-state index contributed by atoms with van der Waals surface area (Å²) in [6.45, 7) is -0.365. The van der Waals surface area contributed by atoms with Gasteiger partial charge in [-0.1, -0.05) is 0 Å². The van der Waals surface area contributed by atoms with Gasteiger partial charge in [-0.05, 0) is 18.2 Å². The number of aryl methyl sites for hydroxylation is 1. The Balaban J connectivity index is 1.93. The molecule has 2 N–H and O–H groups in total. The molecule has 1 aliphatic rings. The zero-order valence-corrected chi connectivity index (χ0v) is 13.6. The van der Waals surface area contributed by atoms with E-state index >= 15 is 0 Å². The summed E-state index contributed by atoms with van der Waals surface area (Å²) >= 11 is 0. The molecule has 0 bridgehead atoms. The third-order valence-corrected chi connectivity index (χ3v) is 3.84. The van der Waals surface area contributed by atoms with E-state index < -0.39 is 17.8 Å². The van der Waals surface area contributed by atoms with E-state index in [2.05, 4.69) is 10.4 Å². The number of carbonyl (C=O) groups excluding carboxylic acids is 3. The summed E-state index contributed by atoms with van der Waals surface area (Å²) in [4.78, 5) is 36.7. The summed E-state index contributed by atoms with van der Waals surface area (Å²) in [5.41, 5.74) is 1.49. The molecule has 9 nitrogen and oxygen atoms in total. The van der Waals surface area contributed by atoms with Crippen molar-refractivity contribution in [3.63, 3.8) is 0 Å². The van der Waals surface area contributed by atoms with E-state index in [1.54, 1.807) is 29.9 Å². The van der Waals surface area contributed by atoms with Crippen molar-refractivity contribution < 1.29 is 24.2 Å². The van der Waals surface area contributed by atoms with E-state index in [9.17, 15) is 14.4 Å². The van der Waals surface area contributed by atoms with Crippen molar-refractivity contribution in [3.8, 4) is 0 Å². The fourth-order valence-electron chi connectivity index (χ4n) is 2.66. The largest absolute Gasteiger partial charge is 0.464 e. The number of ether oxygens (including phenoxy) is 1. The Kier molecular flexibility index (Phi) is 4.24. The Labute approximate surface area is 142 Å². The number of benzene rings is 1.